The highest BCUT2D eigenvalue weighted by atomic mass is 16.6. The zero-order valence-electron chi connectivity index (χ0n) is 9.99. The largest absolute Gasteiger partial charge is 0.465 e. The number of hydrogen-bond donors (Lipinski definition) is 1. The Kier molecular flexibility index (Phi) is 2.97. The first kappa shape index (κ1) is 11.9. The molecular formula is C12H20O4. The van der Waals surface area contributed by atoms with Gasteiger partial charge in [0.1, 0.15) is 5.41 Å². The molecule has 92 valence electrons. The third-order valence-corrected chi connectivity index (χ3v) is 4.16. The summed E-state index contributed by atoms with van der Waals surface area (Å²) in [5, 5.41) is 10.5. The lowest BCUT2D eigenvalue weighted by Gasteiger charge is -2.47. The molecule has 1 saturated carbocycles. The molecule has 0 aromatic carbocycles. The smallest absolute Gasteiger partial charge is 0.317 e. The summed E-state index contributed by atoms with van der Waals surface area (Å²) in [6.07, 6.45) is 2.83. The Morgan fingerprint density at radius 2 is 2.31 bits per heavy atom. The molecule has 0 aromatic rings. The molecule has 0 spiro atoms. The van der Waals surface area contributed by atoms with E-state index in [-0.39, 0.29) is 11.9 Å². The van der Waals surface area contributed by atoms with Crippen molar-refractivity contribution >= 4 is 5.97 Å². The number of fused-ring (bicyclic) bond motifs is 1. The minimum atomic E-state index is -1.29. The fraction of sp³-hybridized carbons (Fsp3) is 0.917. The normalized spacial score (nSPS) is 42.8. The summed E-state index contributed by atoms with van der Waals surface area (Å²) in [6, 6.07) is 0. The van der Waals surface area contributed by atoms with E-state index in [1.54, 1.807) is 6.92 Å². The predicted octanol–water partition coefficient (Wildman–Crippen LogP) is 1.46. The van der Waals surface area contributed by atoms with E-state index in [1.165, 1.54) is 0 Å². The molecule has 0 radical (unpaired) electrons. The number of ether oxygens (including phenoxy) is 2. The van der Waals surface area contributed by atoms with Crippen LogP contribution in [0.15, 0.2) is 0 Å². The monoisotopic (exact) mass is 228 g/mol. The number of carbonyl (C=O) groups excluding carboxylic acids is 1. The average molecular weight is 228 g/mol. The second kappa shape index (κ2) is 4.00. The van der Waals surface area contributed by atoms with E-state index in [0.29, 0.717) is 26.1 Å². The zero-order valence-corrected chi connectivity index (χ0v) is 9.99. The van der Waals surface area contributed by atoms with Crippen molar-refractivity contribution in [2.75, 3.05) is 13.2 Å². The van der Waals surface area contributed by atoms with Crippen molar-refractivity contribution in [1.29, 1.82) is 0 Å². The van der Waals surface area contributed by atoms with Crippen LogP contribution < -0.4 is 0 Å². The standard InChI is InChI=1S/C12H20O4/c1-3-15-10(13)11-6-4-7-12(11,14)16-8-5-9(11)2/h9,14H,3-8H2,1-2H3. The van der Waals surface area contributed by atoms with Crippen LogP contribution in [0, 0.1) is 11.3 Å². The Morgan fingerprint density at radius 3 is 3.00 bits per heavy atom. The molecule has 1 heterocycles. The van der Waals surface area contributed by atoms with Crippen molar-refractivity contribution in [2.24, 2.45) is 11.3 Å². The molecule has 3 unspecified atom stereocenters. The van der Waals surface area contributed by atoms with Gasteiger partial charge in [-0.25, -0.2) is 0 Å². The molecule has 1 N–H and O–H groups in total. The summed E-state index contributed by atoms with van der Waals surface area (Å²) in [7, 11) is 0. The highest BCUT2D eigenvalue weighted by Crippen LogP contribution is 2.56. The summed E-state index contributed by atoms with van der Waals surface area (Å²) in [5.74, 6) is -1.47. The van der Waals surface area contributed by atoms with Crippen LogP contribution in [0.3, 0.4) is 0 Å². The molecule has 3 atom stereocenters. The van der Waals surface area contributed by atoms with Crippen molar-refractivity contribution < 1.29 is 19.4 Å². The zero-order chi connectivity index (χ0) is 11.8. The molecule has 1 saturated heterocycles. The summed E-state index contributed by atoms with van der Waals surface area (Å²) in [5.41, 5.74) is -0.832. The van der Waals surface area contributed by atoms with Gasteiger partial charge in [-0.1, -0.05) is 6.92 Å². The lowest BCUT2D eigenvalue weighted by atomic mass is 9.68. The molecule has 16 heavy (non-hydrogen) atoms. The molecule has 2 rings (SSSR count). The van der Waals surface area contributed by atoms with Gasteiger partial charge in [0.05, 0.1) is 13.2 Å². The molecule has 0 aromatic heterocycles. The number of aliphatic hydroxyl groups is 1. The molecule has 0 amide bonds. The van der Waals surface area contributed by atoms with E-state index in [9.17, 15) is 9.90 Å². The van der Waals surface area contributed by atoms with Crippen LogP contribution in [0.4, 0.5) is 0 Å². The fourth-order valence-corrected chi connectivity index (χ4v) is 3.23. The maximum atomic E-state index is 12.2. The minimum absolute atomic E-state index is 0.118. The van der Waals surface area contributed by atoms with Gasteiger partial charge in [0, 0.05) is 6.42 Å². The lowest BCUT2D eigenvalue weighted by molar-refractivity contribution is -0.294. The molecule has 1 aliphatic heterocycles. The van der Waals surface area contributed by atoms with Crippen LogP contribution in [-0.4, -0.2) is 30.1 Å². The summed E-state index contributed by atoms with van der Waals surface area (Å²) in [4.78, 5) is 12.2. The number of esters is 1. The van der Waals surface area contributed by atoms with Crippen molar-refractivity contribution in [3.63, 3.8) is 0 Å². The average Bonchev–Trinajstić information content (AvgIpc) is 2.58. The van der Waals surface area contributed by atoms with Gasteiger partial charge in [-0.2, -0.15) is 0 Å². The third-order valence-electron chi connectivity index (χ3n) is 4.16. The lowest BCUT2D eigenvalue weighted by Crippen LogP contribution is -2.58. The van der Waals surface area contributed by atoms with Crippen LogP contribution in [0.5, 0.6) is 0 Å². The van der Waals surface area contributed by atoms with Crippen molar-refractivity contribution in [2.45, 2.75) is 45.3 Å². The summed E-state index contributed by atoms with van der Waals surface area (Å²) in [6.45, 7) is 4.68. The molecule has 4 nitrogen and oxygen atoms in total. The van der Waals surface area contributed by atoms with Gasteiger partial charge in [-0.3, -0.25) is 4.79 Å². The van der Waals surface area contributed by atoms with Crippen LogP contribution in [0.25, 0.3) is 0 Å². The third kappa shape index (κ3) is 1.39. The SMILES string of the molecule is CCOC(=O)C12CCCC1(O)OCCC2C. The van der Waals surface area contributed by atoms with E-state index in [2.05, 4.69) is 0 Å². The van der Waals surface area contributed by atoms with Crippen molar-refractivity contribution in [3.8, 4) is 0 Å². The predicted molar refractivity (Wildman–Crippen MR) is 57.6 cm³/mol. The van der Waals surface area contributed by atoms with Gasteiger partial charge in [-0.05, 0) is 32.1 Å². The number of carbonyl (C=O) groups is 1. The molecule has 4 heteroatoms. The van der Waals surface area contributed by atoms with Gasteiger partial charge >= 0.3 is 5.97 Å². The molecule has 0 bridgehead atoms. The van der Waals surface area contributed by atoms with Gasteiger partial charge in [0.2, 0.25) is 0 Å². The van der Waals surface area contributed by atoms with Gasteiger partial charge in [-0.15, -0.1) is 0 Å². The van der Waals surface area contributed by atoms with Crippen LogP contribution >= 0.6 is 0 Å². The molecule has 2 aliphatic rings. The first-order valence-electron chi connectivity index (χ1n) is 6.10. The van der Waals surface area contributed by atoms with Gasteiger partial charge in [0.15, 0.2) is 5.79 Å². The van der Waals surface area contributed by atoms with Crippen molar-refractivity contribution in [3.05, 3.63) is 0 Å². The Morgan fingerprint density at radius 1 is 1.56 bits per heavy atom. The summed E-state index contributed by atoms with van der Waals surface area (Å²) >= 11 is 0. The topological polar surface area (TPSA) is 55.8 Å². The highest BCUT2D eigenvalue weighted by molar-refractivity contribution is 5.79. The second-order valence-corrected chi connectivity index (χ2v) is 4.87. The van der Waals surface area contributed by atoms with E-state index in [0.717, 1.165) is 12.8 Å². The molecule has 1 aliphatic carbocycles. The number of rotatable bonds is 2. The minimum Gasteiger partial charge on any atom is -0.465 e. The quantitative estimate of drug-likeness (QED) is 0.727. The Bertz CT molecular complexity index is 291. The van der Waals surface area contributed by atoms with E-state index in [4.69, 9.17) is 9.47 Å². The Hall–Kier alpha value is -0.610. The first-order chi connectivity index (χ1) is 7.57. The van der Waals surface area contributed by atoms with Crippen LogP contribution in [0.1, 0.15) is 39.5 Å². The molecular weight excluding hydrogens is 208 g/mol. The van der Waals surface area contributed by atoms with E-state index in [1.807, 2.05) is 6.92 Å². The van der Waals surface area contributed by atoms with Gasteiger partial charge < -0.3 is 14.6 Å². The fourth-order valence-electron chi connectivity index (χ4n) is 3.23. The highest BCUT2D eigenvalue weighted by Gasteiger charge is 2.65. The van der Waals surface area contributed by atoms with Crippen LogP contribution in [-0.2, 0) is 14.3 Å². The van der Waals surface area contributed by atoms with E-state index < -0.39 is 11.2 Å². The first-order valence-corrected chi connectivity index (χ1v) is 6.10. The van der Waals surface area contributed by atoms with E-state index >= 15 is 0 Å². The number of hydrogen-bond acceptors (Lipinski definition) is 4. The second-order valence-electron chi connectivity index (χ2n) is 4.87. The van der Waals surface area contributed by atoms with Gasteiger partial charge in [0.25, 0.3) is 0 Å². The van der Waals surface area contributed by atoms with Crippen LogP contribution in [0.2, 0.25) is 0 Å². The summed E-state index contributed by atoms with van der Waals surface area (Å²) < 4.78 is 10.6. The van der Waals surface area contributed by atoms with Crippen molar-refractivity contribution in [1.82, 2.24) is 0 Å². The maximum absolute atomic E-state index is 12.2. The Balaban J connectivity index is 2.34. The Labute approximate surface area is 95.9 Å². The maximum Gasteiger partial charge on any atom is 0.317 e. The molecule has 2 fully saturated rings.